The Morgan fingerprint density at radius 2 is 0.457 bits per heavy atom. The first-order valence-corrected chi connectivity index (χ1v) is 28.1. The minimum Gasteiger partial charge on any atom is -0.194 e. The first-order chi connectivity index (χ1) is 36.0. The van der Waals surface area contributed by atoms with E-state index in [0.29, 0.717) is 0 Å². The molecule has 2 aliphatic rings. The number of hydrogen-bond donors (Lipinski definition) is 0. The Morgan fingerprint density at radius 3 is 0.556 bits per heavy atom. The van der Waals surface area contributed by atoms with Crippen LogP contribution in [0.5, 0.6) is 0 Å². The molecule has 28 heteroatoms. The molecule has 0 aromatic heterocycles. The molecule has 0 spiro atoms. The number of alkyl halides is 24. The van der Waals surface area contributed by atoms with E-state index in [4.69, 9.17) is 0 Å². The zero-order valence-electron chi connectivity index (χ0n) is 43.8. The van der Waals surface area contributed by atoms with Gasteiger partial charge in [-0.15, -0.1) is 0 Å². The molecule has 2 aliphatic carbocycles. The number of hydrogen-bond acceptors (Lipinski definition) is 0. The third kappa shape index (κ3) is 18.4. The van der Waals surface area contributed by atoms with Crippen molar-refractivity contribution < 1.29 is 125 Å². The average molecular weight is 1320 g/mol. The van der Waals surface area contributed by atoms with Crippen LogP contribution in [0.25, 0.3) is 0 Å². The topological polar surface area (TPSA) is 0 Å². The number of rotatable bonds is 11. The van der Waals surface area contributed by atoms with Gasteiger partial charge in [0.1, 0.15) is 6.15 Å². The van der Waals surface area contributed by atoms with Crippen LogP contribution in [0.3, 0.4) is 0 Å². The molecule has 0 unspecified atom stereocenters. The van der Waals surface area contributed by atoms with Gasteiger partial charge < -0.3 is 0 Å². The van der Waals surface area contributed by atoms with Crippen LogP contribution in [0.2, 0.25) is 0 Å². The second kappa shape index (κ2) is 25.8. The van der Waals surface area contributed by atoms with Crippen molar-refractivity contribution in [3.8, 4) is 0 Å². The largest absolute Gasteiger partial charge is 0.416 e. The second-order valence-electron chi connectivity index (χ2n) is 20.8. The van der Waals surface area contributed by atoms with E-state index in [1.165, 1.54) is 6.42 Å². The Hall–Kier alpha value is -3.77. The van der Waals surface area contributed by atoms with E-state index in [0.717, 1.165) is 34.5 Å². The van der Waals surface area contributed by atoms with Gasteiger partial charge in [0.15, 0.2) is 0 Å². The first kappa shape index (κ1) is 71.5. The normalized spacial score (nSPS) is 16.4. The summed E-state index contributed by atoms with van der Waals surface area (Å²) in [6.07, 6.45) is -41.1. The molecule has 0 saturated heterocycles. The predicted octanol–water partition coefficient (Wildman–Crippen LogP) is 18.0. The van der Waals surface area contributed by atoms with E-state index in [9.17, 15) is 105 Å². The molecule has 81 heavy (non-hydrogen) atoms. The monoisotopic (exact) mass is 1320 g/mol. The SMILES string of the molecule is C1=CC2C=CC1C2.CC(C)[PH+](CC[PH+](C(C)C)C(C)C)C(C)C.FC(F)(F)c1cc([B-](c2cc(C(F)(F)F)cc(C(F)(F)F)c2)(c2cc(C(F)(F)F)cc(C(F)(F)F)c2)c2cc(C(F)(F)F)cc(C(F)(F)F)c2)cc(C(F)(F)F)c1.[Rh]. The van der Waals surface area contributed by atoms with Crippen molar-refractivity contribution >= 4 is 43.8 Å². The van der Waals surface area contributed by atoms with Gasteiger partial charge in [-0.3, -0.25) is 0 Å². The second-order valence-corrected chi connectivity index (χ2v) is 28.7. The van der Waals surface area contributed by atoms with E-state index >= 15 is 0 Å². The van der Waals surface area contributed by atoms with Crippen LogP contribution in [-0.4, -0.2) is 41.1 Å². The van der Waals surface area contributed by atoms with Crippen LogP contribution in [0, 0.1) is 11.8 Å². The fourth-order valence-corrected chi connectivity index (χ4v) is 17.5. The van der Waals surface area contributed by atoms with Gasteiger partial charge in [0, 0.05) is 35.3 Å². The maximum atomic E-state index is 14.2. The minimum atomic E-state index is -6.13. The zero-order valence-corrected chi connectivity index (χ0v) is 47.4. The molecule has 455 valence electrons. The van der Waals surface area contributed by atoms with Gasteiger partial charge >= 0.3 is 49.4 Å². The van der Waals surface area contributed by atoms with Crippen molar-refractivity contribution in [3.63, 3.8) is 0 Å². The predicted molar refractivity (Wildman–Crippen MR) is 267 cm³/mol. The summed E-state index contributed by atoms with van der Waals surface area (Å²) in [6.45, 7) is 19.5. The summed E-state index contributed by atoms with van der Waals surface area (Å²) in [5.74, 6) is 1.62. The summed E-state index contributed by atoms with van der Waals surface area (Å²) in [6, 6.07) is -8.81. The molecule has 0 heterocycles. The molecular weight excluding hydrogens is 1270 g/mol. The summed E-state index contributed by atoms with van der Waals surface area (Å²) in [4.78, 5) is 0. The number of halogens is 24. The van der Waals surface area contributed by atoms with Crippen molar-refractivity contribution in [2.45, 2.75) is 134 Å². The Morgan fingerprint density at radius 1 is 0.309 bits per heavy atom. The van der Waals surface area contributed by atoms with Gasteiger partial charge in [-0.1, -0.05) is 72.8 Å². The number of fused-ring (bicyclic) bond motifs is 2. The molecule has 1 radical (unpaired) electrons. The Balaban J connectivity index is 0.000000589. The van der Waals surface area contributed by atoms with E-state index < -0.39 is 195 Å². The van der Waals surface area contributed by atoms with E-state index in [1.807, 2.05) is 0 Å². The summed E-state index contributed by atoms with van der Waals surface area (Å²) < 4.78 is 341. The van der Waals surface area contributed by atoms with E-state index in [-0.39, 0.29) is 35.3 Å². The molecule has 4 aromatic carbocycles. The van der Waals surface area contributed by atoms with E-state index in [2.05, 4.69) is 79.7 Å². The fourth-order valence-electron chi connectivity index (χ4n) is 10.2. The van der Waals surface area contributed by atoms with Crippen molar-refractivity contribution in [2.75, 3.05) is 12.3 Å². The van der Waals surface area contributed by atoms with Gasteiger partial charge in [0.25, 0.3) is 0 Å². The standard InChI is InChI=1S/C32H12BF24.C14H32P2.C7H8.Rh/c34-25(35,36)13-1-14(26(37,38)39)6-21(5-13)33(22-7-15(27(40,41)42)2-16(8-22)28(43,44)45,23-9-17(29(46,47)48)3-18(10-23)30(49,50)51)24-11-19(31(52,53)54)4-20(12-24)32(55,56)57;1-11(2)15(12(3)4)9-10-16(13(5)6)14(7)8;1-2-7-4-3-6(1)5-7;/h1-12H;11-14H,9-10H2,1-8H3;1-4,6-7H,5H2;/q-1;;;/p+2. The summed E-state index contributed by atoms with van der Waals surface area (Å²) in [7, 11) is -0.229. The smallest absolute Gasteiger partial charge is 0.194 e. The minimum absolute atomic E-state index is 0. The summed E-state index contributed by atoms with van der Waals surface area (Å²) in [5.41, 5.74) is -26.4. The van der Waals surface area contributed by atoms with Crippen LogP contribution in [0.15, 0.2) is 97.1 Å². The van der Waals surface area contributed by atoms with E-state index in [1.54, 1.807) is 12.3 Å². The summed E-state index contributed by atoms with van der Waals surface area (Å²) >= 11 is 0. The molecule has 0 nitrogen and oxygen atoms in total. The van der Waals surface area contributed by atoms with Crippen molar-refractivity contribution in [1.82, 2.24) is 0 Å². The Bertz CT molecular complexity index is 2310. The van der Waals surface area contributed by atoms with Gasteiger partial charge in [-0.05, 0) is 97.9 Å². The average Bonchev–Trinajstić information content (AvgIpc) is 3.95. The van der Waals surface area contributed by atoms with Gasteiger partial charge in [-0.25, -0.2) is 0 Å². The first-order valence-electron chi connectivity index (χ1n) is 24.4. The Labute approximate surface area is 466 Å². The van der Waals surface area contributed by atoms with Crippen molar-refractivity contribution in [3.05, 3.63) is 142 Å². The maximum absolute atomic E-state index is 14.2. The number of benzene rings is 4. The molecule has 2 bridgehead atoms. The van der Waals surface area contributed by atoms with Crippen LogP contribution in [0.1, 0.15) is 106 Å². The van der Waals surface area contributed by atoms with Gasteiger partial charge in [0.05, 0.1) is 79.5 Å². The Kier molecular flexibility index (Phi) is 22.8. The van der Waals surface area contributed by atoms with Crippen LogP contribution in [0.4, 0.5) is 105 Å². The van der Waals surface area contributed by atoms with Crippen LogP contribution >= 0.6 is 15.8 Å². The number of allylic oxidation sites excluding steroid dienone is 4. The van der Waals surface area contributed by atoms with Crippen molar-refractivity contribution in [2.24, 2.45) is 11.8 Å². The third-order valence-electron chi connectivity index (χ3n) is 13.9. The van der Waals surface area contributed by atoms with Crippen molar-refractivity contribution in [1.29, 1.82) is 0 Å². The molecule has 0 fully saturated rings. The molecule has 0 N–H and O–H groups in total. The molecule has 0 amide bonds. The van der Waals surface area contributed by atoms with Crippen LogP contribution in [-0.2, 0) is 68.9 Å². The zero-order chi connectivity index (χ0) is 61.5. The molecule has 0 saturated carbocycles. The van der Waals surface area contributed by atoms with Gasteiger partial charge in [-0.2, -0.15) is 127 Å². The fraction of sp³-hybridized carbons (Fsp3) is 0.472. The van der Waals surface area contributed by atoms with Crippen LogP contribution < -0.4 is 21.9 Å². The maximum Gasteiger partial charge on any atom is 0.416 e. The molecule has 0 aliphatic heterocycles. The summed E-state index contributed by atoms with van der Waals surface area (Å²) in [5, 5.41) is 0. The molecule has 0 atom stereocenters. The third-order valence-corrected chi connectivity index (χ3v) is 22.0. The quantitative estimate of drug-likeness (QED) is 0.0608. The molecular formula is C53H54BF24P2Rh+. The molecule has 4 aromatic rings. The van der Waals surface area contributed by atoms with Gasteiger partial charge in [0.2, 0.25) is 0 Å². The molecule has 6 rings (SSSR count).